The zero-order chi connectivity index (χ0) is 27.5. The van der Waals surface area contributed by atoms with Crippen LogP contribution in [0.3, 0.4) is 0 Å². The molecule has 2 aromatic heterocycles. The monoisotopic (exact) mass is 526 g/mol. The molecule has 0 aliphatic carbocycles. The van der Waals surface area contributed by atoms with Gasteiger partial charge < -0.3 is 19.9 Å². The predicted octanol–water partition coefficient (Wildman–Crippen LogP) is 2.56. The number of benzene rings is 2. The molecule has 1 fully saturated rings. The van der Waals surface area contributed by atoms with Gasteiger partial charge in [-0.05, 0) is 62.0 Å². The number of hydrogen-bond donors (Lipinski definition) is 1. The molecule has 0 spiro atoms. The van der Waals surface area contributed by atoms with E-state index in [1.807, 2.05) is 6.92 Å². The number of likely N-dealkylation sites (N-methyl/N-ethyl adjacent to an activating group) is 1. The van der Waals surface area contributed by atoms with Gasteiger partial charge in [0, 0.05) is 49.7 Å². The number of aromatic nitrogens is 3. The van der Waals surface area contributed by atoms with Gasteiger partial charge in [-0.25, -0.2) is 9.78 Å². The number of amides is 1. The lowest BCUT2D eigenvalue weighted by Crippen LogP contribution is -2.45. The van der Waals surface area contributed by atoms with Crippen molar-refractivity contribution in [2.24, 2.45) is 0 Å². The Labute approximate surface area is 225 Å². The molecule has 5 rings (SSSR count). The molecule has 10 nitrogen and oxygen atoms in total. The molecule has 1 aliphatic rings. The Hall–Kier alpha value is -4.57. The van der Waals surface area contributed by atoms with Crippen molar-refractivity contribution in [3.05, 3.63) is 93.4 Å². The second kappa shape index (κ2) is 11.0. The third-order valence-corrected chi connectivity index (χ3v) is 6.93. The summed E-state index contributed by atoms with van der Waals surface area (Å²) < 4.78 is 6.27. The molecule has 0 bridgehead atoms. The summed E-state index contributed by atoms with van der Waals surface area (Å²) in [5, 5.41) is 3.68. The summed E-state index contributed by atoms with van der Waals surface area (Å²) in [6.45, 7) is 5.70. The Balaban J connectivity index is 1.37. The topological polar surface area (TPSA) is 110 Å². The first-order valence-electron chi connectivity index (χ1n) is 12.7. The standard InChI is InChI=1S/C29H30N6O4/c1-19-24-12-13-25(36)35(26(24)32-29(31-19)34-16-14-33(2)15-17-34)23-10-8-21(9-11-23)27(37)30-18-20-4-6-22(7-5-20)28(38)39-3/h4-13H,14-18H2,1-3H3,(H,30,37). The Bertz CT molecular complexity index is 1570. The van der Waals surface area contributed by atoms with E-state index in [0.717, 1.165) is 42.8 Å². The smallest absolute Gasteiger partial charge is 0.337 e. The van der Waals surface area contributed by atoms with Crippen LogP contribution < -0.4 is 15.8 Å². The van der Waals surface area contributed by atoms with Crippen LogP contribution in [-0.4, -0.2) is 71.6 Å². The van der Waals surface area contributed by atoms with Crippen molar-refractivity contribution in [1.29, 1.82) is 0 Å². The fourth-order valence-corrected chi connectivity index (χ4v) is 4.57. The minimum Gasteiger partial charge on any atom is -0.465 e. The van der Waals surface area contributed by atoms with Crippen LogP contribution >= 0.6 is 0 Å². The molecule has 39 heavy (non-hydrogen) atoms. The molecule has 10 heteroatoms. The molecular formula is C29H30N6O4. The van der Waals surface area contributed by atoms with Gasteiger partial charge in [0.05, 0.1) is 24.1 Å². The summed E-state index contributed by atoms with van der Waals surface area (Å²) in [7, 11) is 3.42. The van der Waals surface area contributed by atoms with Crippen LogP contribution in [0.15, 0.2) is 65.5 Å². The lowest BCUT2D eigenvalue weighted by molar-refractivity contribution is 0.0600. The van der Waals surface area contributed by atoms with Gasteiger partial charge in [0.1, 0.15) is 0 Å². The molecule has 1 saturated heterocycles. The molecule has 0 saturated carbocycles. The summed E-state index contributed by atoms with van der Waals surface area (Å²) in [5.74, 6) is -0.0457. The molecule has 0 radical (unpaired) electrons. The Morgan fingerprint density at radius 3 is 2.23 bits per heavy atom. The summed E-state index contributed by atoms with van der Waals surface area (Å²) >= 11 is 0. The van der Waals surface area contributed by atoms with Crippen molar-refractivity contribution in [1.82, 2.24) is 24.8 Å². The second-order valence-corrected chi connectivity index (χ2v) is 9.56. The minimum atomic E-state index is -0.409. The number of ether oxygens (including phenoxy) is 1. The second-order valence-electron chi connectivity index (χ2n) is 9.56. The SMILES string of the molecule is COC(=O)c1ccc(CNC(=O)c2ccc(-n3c(=O)ccc4c(C)nc(N5CCN(C)CC5)nc43)cc2)cc1. The Morgan fingerprint density at radius 2 is 1.56 bits per heavy atom. The number of nitrogens with zero attached hydrogens (tertiary/aromatic N) is 5. The number of carbonyl (C=O) groups excluding carboxylic acids is 2. The lowest BCUT2D eigenvalue weighted by Gasteiger charge is -2.32. The van der Waals surface area contributed by atoms with Crippen molar-refractivity contribution in [3.8, 4) is 5.69 Å². The third kappa shape index (κ3) is 5.51. The average molecular weight is 527 g/mol. The number of fused-ring (bicyclic) bond motifs is 1. The van der Waals surface area contributed by atoms with Crippen LogP contribution in [0.1, 0.15) is 32.0 Å². The van der Waals surface area contributed by atoms with Gasteiger partial charge in [-0.1, -0.05) is 12.1 Å². The van der Waals surface area contributed by atoms with Crippen LogP contribution in [0.5, 0.6) is 0 Å². The van der Waals surface area contributed by atoms with E-state index in [4.69, 9.17) is 14.7 Å². The van der Waals surface area contributed by atoms with E-state index in [9.17, 15) is 14.4 Å². The molecule has 4 aromatic rings. The number of carbonyl (C=O) groups is 2. The number of pyridine rings is 1. The quantitative estimate of drug-likeness (QED) is 0.382. The summed E-state index contributed by atoms with van der Waals surface area (Å²) in [4.78, 5) is 51.3. The zero-order valence-electron chi connectivity index (χ0n) is 22.2. The van der Waals surface area contributed by atoms with Gasteiger partial charge in [-0.3, -0.25) is 14.2 Å². The molecule has 3 heterocycles. The van der Waals surface area contributed by atoms with Gasteiger partial charge >= 0.3 is 5.97 Å². The van der Waals surface area contributed by atoms with E-state index < -0.39 is 5.97 Å². The zero-order valence-corrected chi connectivity index (χ0v) is 22.2. The fourth-order valence-electron chi connectivity index (χ4n) is 4.57. The van der Waals surface area contributed by atoms with E-state index >= 15 is 0 Å². The maximum Gasteiger partial charge on any atom is 0.337 e. The highest BCUT2D eigenvalue weighted by atomic mass is 16.5. The highest BCUT2D eigenvalue weighted by molar-refractivity contribution is 5.94. The molecule has 0 unspecified atom stereocenters. The van der Waals surface area contributed by atoms with Crippen molar-refractivity contribution in [2.45, 2.75) is 13.5 Å². The molecule has 200 valence electrons. The number of esters is 1. The number of methoxy groups -OCH3 is 1. The van der Waals surface area contributed by atoms with Crippen LogP contribution in [-0.2, 0) is 11.3 Å². The van der Waals surface area contributed by atoms with Crippen molar-refractivity contribution >= 4 is 28.9 Å². The van der Waals surface area contributed by atoms with Gasteiger partial charge in [0.2, 0.25) is 5.95 Å². The predicted molar refractivity (Wildman–Crippen MR) is 149 cm³/mol. The normalized spacial score (nSPS) is 13.9. The molecule has 2 aromatic carbocycles. The van der Waals surface area contributed by atoms with E-state index in [1.54, 1.807) is 59.2 Å². The van der Waals surface area contributed by atoms with Gasteiger partial charge in [-0.2, -0.15) is 4.98 Å². The van der Waals surface area contributed by atoms with Crippen LogP contribution in [0.2, 0.25) is 0 Å². The number of piperazine rings is 1. The van der Waals surface area contributed by atoms with Crippen LogP contribution in [0.25, 0.3) is 16.7 Å². The molecule has 0 atom stereocenters. The summed E-state index contributed by atoms with van der Waals surface area (Å²) in [6.07, 6.45) is 0. The Morgan fingerprint density at radius 1 is 0.897 bits per heavy atom. The highest BCUT2D eigenvalue weighted by Crippen LogP contribution is 2.21. The van der Waals surface area contributed by atoms with E-state index in [0.29, 0.717) is 35.0 Å². The summed E-state index contributed by atoms with van der Waals surface area (Å²) in [6, 6.07) is 17.0. The molecular weight excluding hydrogens is 496 g/mol. The summed E-state index contributed by atoms with van der Waals surface area (Å²) in [5.41, 5.74) is 3.50. The van der Waals surface area contributed by atoms with Crippen LogP contribution in [0, 0.1) is 6.92 Å². The largest absolute Gasteiger partial charge is 0.465 e. The lowest BCUT2D eigenvalue weighted by atomic mass is 10.1. The maximum absolute atomic E-state index is 13.0. The van der Waals surface area contributed by atoms with E-state index in [2.05, 4.69) is 22.2 Å². The average Bonchev–Trinajstić information content (AvgIpc) is 2.96. The van der Waals surface area contributed by atoms with Gasteiger partial charge in [-0.15, -0.1) is 0 Å². The number of nitrogens with one attached hydrogen (secondary N) is 1. The van der Waals surface area contributed by atoms with E-state index in [1.165, 1.54) is 13.2 Å². The number of rotatable bonds is 6. The highest BCUT2D eigenvalue weighted by Gasteiger charge is 2.19. The number of aryl methyl sites for hydroxylation is 1. The van der Waals surface area contributed by atoms with Crippen molar-refractivity contribution < 1.29 is 14.3 Å². The first-order valence-corrected chi connectivity index (χ1v) is 12.7. The Kier molecular flexibility index (Phi) is 7.38. The minimum absolute atomic E-state index is 0.211. The number of hydrogen-bond acceptors (Lipinski definition) is 8. The third-order valence-electron chi connectivity index (χ3n) is 6.93. The fraction of sp³-hybridized carbons (Fsp3) is 0.276. The van der Waals surface area contributed by atoms with Crippen LogP contribution in [0.4, 0.5) is 5.95 Å². The van der Waals surface area contributed by atoms with E-state index in [-0.39, 0.29) is 11.5 Å². The first kappa shape index (κ1) is 26.1. The molecule has 1 N–H and O–H groups in total. The maximum atomic E-state index is 13.0. The van der Waals surface area contributed by atoms with Crippen molar-refractivity contribution in [3.63, 3.8) is 0 Å². The molecule has 1 aliphatic heterocycles. The molecule has 1 amide bonds. The van der Waals surface area contributed by atoms with Gasteiger partial charge in [0.15, 0.2) is 5.65 Å². The van der Waals surface area contributed by atoms with Crippen molar-refractivity contribution in [2.75, 3.05) is 45.2 Å². The van der Waals surface area contributed by atoms with Gasteiger partial charge in [0.25, 0.3) is 11.5 Å². The number of anilines is 1. The first-order chi connectivity index (χ1) is 18.8.